The molecule has 1 aliphatic rings. The minimum absolute atomic E-state index is 0.142. The molecular formula is C19H21ClN2O2. The molecule has 2 aromatic carbocycles. The zero-order chi connectivity index (χ0) is 16.8. The van der Waals surface area contributed by atoms with Crippen molar-refractivity contribution in [3.05, 3.63) is 59.1 Å². The molecule has 0 aromatic heterocycles. The number of hydrogen-bond acceptors (Lipinski definition) is 2. The van der Waals surface area contributed by atoms with Crippen LogP contribution in [0.4, 0.5) is 10.5 Å². The van der Waals surface area contributed by atoms with Crippen molar-refractivity contribution in [1.29, 1.82) is 0 Å². The first-order valence-electron chi connectivity index (χ1n) is 8.24. The molecule has 1 aliphatic carbocycles. The highest BCUT2D eigenvalue weighted by atomic mass is 35.5. The average Bonchev–Trinajstić information content (AvgIpc) is 3.08. The maximum atomic E-state index is 11.9. The lowest BCUT2D eigenvalue weighted by molar-refractivity contribution is 0.248. The monoisotopic (exact) mass is 344 g/mol. The Kier molecular flexibility index (Phi) is 5.59. The van der Waals surface area contributed by atoms with Gasteiger partial charge in [-0.1, -0.05) is 36.6 Å². The standard InChI is InChI=1S/C19H21ClN2O2/c20-15-7-5-14(6-8-15)13-24-18-11-9-17(10-12-18)22-19(23)21-16-3-1-2-4-16/h5-12,16H,1-4,13H2,(H2,21,22,23). The topological polar surface area (TPSA) is 50.4 Å². The fourth-order valence-electron chi connectivity index (χ4n) is 2.80. The zero-order valence-electron chi connectivity index (χ0n) is 13.4. The van der Waals surface area contributed by atoms with E-state index in [1.807, 2.05) is 48.5 Å². The predicted molar refractivity (Wildman–Crippen MR) is 96.6 cm³/mol. The van der Waals surface area contributed by atoms with Gasteiger partial charge in [-0.15, -0.1) is 0 Å². The number of carbonyl (C=O) groups is 1. The number of nitrogens with one attached hydrogen (secondary N) is 2. The largest absolute Gasteiger partial charge is 0.489 e. The molecule has 4 nitrogen and oxygen atoms in total. The second kappa shape index (κ2) is 8.06. The van der Waals surface area contributed by atoms with Crippen molar-refractivity contribution in [2.45, 2.75) is 38.3 Å². The van der Waals surface area contributed by atoms with E-state index in [0.29, 0.717) is 17.7 Å². The van der Waals surface area contributed by atoms with Gasteiger partial charge in [0.15, 0.2) is 0 Å². The summed E-state index contributed by atoms with van der Waals surface area (Å²) in [6.45, 7) is 0.478. The van der Waals surface area contributed by atoms with Crippen LogP contribution in [0.5, 0.6) is 5.75 Å². The Balaban J connectivity index is 1.47. The molecule has 126 valence electrons. The van der Waals surface area contributed by atoms with E-state index in [1.165, 1.54) is 12.8 Å². The number of amides is 2. The van der Waals surface area contributed by atoms with Gasteiger partial charge in [0.2, 0.25) is 0 Å². The molecule has 0 aliphatic heterocycles. The summed E-state index contributed by atoms with van der Waals surface area (Å²) in [4.78, 5) is 11.9. The minimum atomic E-state index is -0.142. The first-order chi connectivity index (χ1) is 11.7. The molecule has 2 N–H and O–H groups in total. The number of anilines is 1. The van der Waals surface area contributed by atoms with Crippen molar-refractivity contribution in [3.63, 3.8) is 0 Å². The third-order valence-corrected chi connectivity index (χ3v) is 4.37. The first-order valence-corrected chi connectivity index (χ1v) is 8.62. The summed E-state index contributed by atoms with van der Waals surface area (Å²) in [6, 6.07) is 15.1. The summed E-state index contributed by atoms with van der Waals surface area (Å²) in [7, 11) is 0. The molecule has 0 unspecified atom stereocenters. The Bertz CT molecular complexity index is 665. The molecule has 1 saturated carbocycles. The lowest BCUT2D eigenvalue weighted by Gasteiger charge is -2.13. The number of rotatable bonds is 5. The van der Waals surface area contributed by atoms with E-state index >= 15 is 0 Å². The third-order valence-electron chi connectivity index (χ3n) is 4.12. The van der Waals surface area contributed by atoms with Gasteiger partial charge in [0.25, 0.3) is 0 Å². The Morgan fingerprint density at radius 3 is 2.38 bits per heavy atom. The van der Waals surface area contributed by atoms with Crippen LogP contribution >= 0.6 is 11.6 Å². The Labute approximate surface area is 147 Å². The van der Waals surface area contributed by atoms with Gasteiger partial charge in [-0.25, -0.2) is 4.79 Å². The SMILES string of the molecule is O=C(Nc1ccc(OCc2ccc(Cl)cc2)cc1)NC1CCCC1. The molecule has 0 heterocycles. The van der Waals surface area contributed by atoms with Crippen LogP contribution in [0.3, 0.4) is 0 Å². The smallest absolute Gasteiger partial charge is 0.319 e. The van der Waals surface area contributed by atoms with Crippen LogP contribution in [0.1, 0.15) is 31.2 Å². The minimum Gasteiger partial charge on any atom is -0.489 e. The van der Waals surface area contributed by atoms with Crippen LogP contribution in [0, 0.1) is 0 Å². The maximum absolute atomic E-state index is 11.9. The number of urea groups is 1. The molecular weight excluding hydrogens is 324 g/mol. The van der Waals surface area contributed by atoms with E-state index in [-0.39, 0.29) is 6.03 Å². The highest BCUT2D eigenvalue weighted by molar-refractivity contribution is 6.30. The molecule has 5 heteroatoms. The van der Waals surface area contributed by atoms with Crippen LogP contribution < -0.4 is 15.4 Å². The summed E-state index contributed by atoms with van der Waals surface area (Å²) < 4.78 is 5.73. The van der Waals surface area contributed by atoms with Crippen LogP contribution in [0.2, 0.25) is 5.02 Å². The first kappa shape index (κ1) is 16.7. The van der Waals surface area contributed by atoms with E-state index in [1.54, 1.807) is 0 Å². The molecule has 0 bridgehead atoms. The van der Waals surface area contributed by atoms with Crippen molar-refractivity contribution in [2.24, 2.45) is 0 Å². The number of carbonyl (C=O) groups excluding carboxylic acids is 1. The zero-order valence-corrected chi connectivity index (χ0v) is 14.2. The van der Waals surface area contributed by atoms with E-state index in [2.05, 4.69) is 10.6 Å². The number of hydrogen-bond donors (Lipinski definition) is 2. The summed E-state index contributed by atoms with van der Waals surface area (Å²) in [6.07, 6.45) is 4.55. The van der Waals surface area contributed by atoms with Gasteiger partial charge < -0.3 is 15.4 Å². The second-order valence-corrected chi connectivity index (χ2v) is 6.46. The maximum Gasteiger partial charge on any atom is 0.319 e. The second-order valence-electron chi connectivity index (χ2n) is 6.02. The normalized spacial score (nSPS) is 14.4. The predicted octanol–water partition coefficient (Wildman–Crippen LogP) is 4.98. The van der Waals surface area contributed by atoms with Gasteiger partial charge in [-0.2, -0.15) is 0 Å². The molecule has 0 saturated heterocycles. The van der Waals surface area contributed by atoms with Crippen LogP contribution in [0.15, 0.2) is 48.5 Å². The van der Waals surface area contributed by atoms with Gasteiger partial charge in [-0.3, -0.25) is 0 Å². The lowest BCUT2D eigenvalue weighted by Crippen LogP contribution is -2.36. The van der Waals surface area contributed by atoms with Crippen LogP contribution in [-0.4, -0.2) is 12.1 Å². The third kappa shape index (κ3) is 4.90. The van der Waals surface area contributed by atoms with Crippen molar-refractivity contribution >= 4 is 23.3 Å². The Morgan fingerprint density at radius 2 is 1.71 bits per heavy atom. The quantitative estimate of drug-likeness (QED) is 0.803. The van der Waals surface area contributed by atoms with Gasteiger partial charge >= 0.3 is 6.03 Å². The molecule has 24 heavy (non-hydrogen) atoms. The molecule has 1 fully saturated rings. The summed E-state index contributed by atoms with van der Waals surface area (Å²) in [5.41, 5.74) is 1.81. The highest BCUT2D eigenvalue weighted by Gasteiger charge is 2.16. The Morgan fingerprint density at radius 1 is 1.04 bits per heavy atom. The van der Waals surface area contributed by atoms with Crippen molar-refractivity contribution in [3.8, 4) is 5.75 Å². The number of ether oxygens (including phenoxy) is 1. The summed E-state index contributed by atoms with van der Waals surface area (Å²) in [5.74, 6) is 0.756. The molecule has 2 amide bonds. The van der Waals surface area contributed by atoms with Crippen molar-refractivity contribution < 1.29 is 9.53 Å². The lowest BCUT2D eigenvalue weighted by atomic mass is 10.2. The van der Waals surface area contributed by atoms with Crippen LogP contribution in [-0.2, 0) is 6.61 Å². The number of benzene rings is 2. The average molecular weight is 345 g/mol. The van der Waals surface area contributed by atoms with Gasteiger partial charge in [-0.05, 0) is 54.8 Å². The highest BCUT2D eigenvalue weighted by Crippen LogP contribution is 2.19. The van der Waals surface area contributed by atoms with E-state index in [4.69, 9.17) is 16.3 Å². The van der Waals surface area contributed by atoms with Gasteiger partial charge in [0, 0.05) is 16.8 Å². The summed E-state index contributed by atoms with van der Waals surface area (Å²) in [5, 5.41) is 6.57. The molecule has 3 rings (SSSR count). The fourth-order valence-corrected chi connectivity index (χ4v) is 2.93. The van der Waals surface area contributed by atoms with Crippen molar-refractivity contribution in [1.82, 2.24) is 5.32 Å². The molecule has 0 spiro atoms. The van der Waals surface area contributed by atoms with E-state index in [9.17, 15) is 4.79 Å². The molecule has 0 radical (unpaired) electrons. The number of halogens is 1. The summed E-state index contributed by atoms with van der Waals surface area (Å²) >= 11 is 5.86. The van der Waals surface area contributed by atoms with E-state index < -0.39 is 0 Å². The molecule has 2 aromatic rings. The Hall–Kier alpha value is -2.20. The van der Waals surface area contributed by atoms with Gasteiger partial charge in [0.05, 0.1) is 0 Å². The molecule has 0 atom stereocenters. The fraction of sp³-hybridized carbons (Fsp3) is 0.316. The van der Waals surface area contributed by atoms with Gasteiger partial charge in [0.1, 0.15) is 12.4 Å². The van der Waals surface area contributed by atoms with Crippen LogP contribution in [0.25, 0.3) is 0 Å². The van der Waals surface area contributed by atoms with Crippen molar-refractivity contribution in [2.75, 3.05) is 5.32 Å². The van der Waals surface area contributed by atoms with E-state index in [0.717, 1.165) is 29.8 Å².